The number of carboxylic acids is 1. The molecule has 1 saturated heterocycles. The van der Waals surface area contributed by atoms with E-state index in [9.17, 15) is 19.5 Å². The number of nitrogens with zero attached hydrogens (tertiary/aromatic N) is 1. The van der Waals surface area contributed by atoms with Gasteiger partial charge in [0.15, 0.2) is 0 Å². The standard InChI is InChI=1S/C27H44IN3O5S/c1-19(2)8-6-9-20(3)10-7-11-21(4)12-17-37-18-23(26(33)34)29-25(32)24(22(5)28)30-27(35)31-13-15-36-16-14-31/h8,10,12,22-24H,6-7,9,11,13-18H2,1-5H3,(H,29,32)(H,30,35)(H,33,34)/b20-10+,21-12+/t22-,23+,24+/m1/s1. The molecule has 3 N–H and O–H groups in total. The summed E-state index contributed by atoms with van der Waals surface area (Å²) in [5.41, 5.74) is 4.02. The first kappa shape index (κ1) is 33.5. The number of halogens is 1. The zero-order chi connectivity index (χ0) is 27.8. The zero-order valence-corrected chi connectivity index (χ0v) is 25.8. The van der Waals surface area contributed by atoms with Crippen molar-refractivity contribution in [3.05, 3.63) is 34.9 Å². The van der Waals surface area contributed by atoms with Gasteiger partial charge in [-0.3, -0.25) is 4.79 Å². The molecule has 0 radical (unpaired) electrons. The van der Waals surface area contributed by atoms with E-state index in [1.54, 1.807) is 4.90 Å². The van der Waals surface area contributed by atoms with Gasteiger partial charge in [0.25, 0.3) is 0 Å². The van der Waals surface area contributed by atoms with Crippen molar-refractivity contribution in [2.24, 2.45) is 0 Å². The number of carboxylic acid groups (broad SMARTS) is 1. The molecule has 0 saturated carbocycles. The number of hydrogen-bond donors (Lipinski definition) is 3. The van der Waals surface area contributed by atoms with Gasteiger partial charge in [-0.05, 0) is 53.4 Å². The van der Waals surface area contributed by atoms with Gasteiger partial charge in [-0.1, -0.05) is 64.5 Å². The monoisotopic (exact) mass is 649 g/mol. The van der Waals surface area contributed by atoms with Gasteiger partial charge in [-0.2, -0.15) is 11.8 Å². The lowest BCUT2D eigenvalue weighted by molar-refractivity contribution is -0.141. The maximum absolute atomic E-state index is 12.9. The van der Waals surface area contributed by atoms with Crippen LogP contribution in [0.4, 0.5) is 4.79 Å². The second-order valence-electron chi connectivity index (χ2n) is 9.60. The molecule has 0 aromatic carbocycles. The first-order chi connectivity index (χ1) is 17.5. The molecule has 1 heterocycles. The fourth-order valence-corrected chi connectivity index (χ4v) is 5.05. The third-order valence-corrected chi connectivity index (χ3v) is 7.58. The SMILES string of the molecule is CC(C)=CCC/C(C)=C/CC/C(C)=C/CSC[C@H](NC(=O)[C@@H](NC(=O)N1CCOCC1)[C@@H](C)I)C(=O)O. The molecule has 8 nitrogen and oxygen atoms in total. The molecule has 3 amide bonds. The number of thioether (sulfide) groups is 1. The summed E-state index contributed by atoms with van der Waals surface area (Å²) in [6.45, 7) is 12.2. The van der Waals surface area contributed by atoms with Crippen LogP contribution in [0.2, 0.25) is 0 Å². The molecule has 1 aliphatic heterocycles. The van der Waals surface area contributed by atoms with Crippen LogP contribution in [0.3, 0.4) is 0 Å². The minimum Gasteiger partial charge on any atom is -0.480 e. The Hall–Kier alpha value is -1.53. The lowest BCUT2D eigenvalue weighted by Crippen LogP contribution is -2.58. The largest absolute Gasteiger partial charge is 0.480 e. The van der Waals surface area contributed by atoms with Gasteiger partial charge < -0.3 is 25.4 Å². The highest BCUT2D eigenvalue weighted by Gasteiger charge is 2.31. The van der Waals surface area contributed by atoms with Crippen molar-refractivity contribution in [2.45, 2.75) is 76.3 Å². The van der Waals surface area contributed by atoms with Gasteiger partial charge in [0.05, 0.1) is 13.2 Å². The number of amides is 3. The number of alkyl halides is 1. The van der Waals surface area contributed by atoms with E-state index in [0.717, 1.165) is 25.7 Å². The summed E-state index contributed by atoms with van der Waals surface area (Å²) in [4.78, 5) is 38.8. The van der Waals surface area contributed by atoms with E-state index in [0.29, 0.717) is 32.1 Å². The predicted molar refractivity (Wildman–Crippen MR) is 160 cm³/mol. The summed E-state index contributed by atoms with van der Waals surface area (Å²) in [5, 5.41) is 15.0. The van der Waals surface area contributed by atoms with E-state index in [1.165, 1.54) is 28.5 Å². The van der Waals surface area contributed by atoms with E-state index in [4.69, 9.17) is 4.74 Å². The number of aliphatic carboxylic acids is 1. The summed E-state index contributed by atoms with van der Waals surface area (Å²) in [6, 6.07) is -2.20. The lowest BCUT2D eigenvalue weighted by atomic mass is 10.1. The van der Waals surface area contributed by atoms with Crippen LogP contribution in [0, 0.1) is 0 Å². The summed E-state index contributed by atoms with van der Waals surface area (Å²) in [6.07, 6.45) is 10.8. The second-order valence-corrected chi connectivity index (χ2v) is 12.6. The Labute approximate surface area is 240 Å². The highest BCUT2D eigenvalue weighted by atomic mass is 127. The van der Waals surface area contributed by atoms with Crippen LogP contribution in [0.15, 0.2) is 34.9 Å². The molecule has 0 aromatic rings. The summed E-state index contributed by atoms with van der Waals surface area (Å²) in [5.74, 6) is -0.660. The minimum atomic E-state index is -1.09. The third-order valence-electron chi connectivity index (χ3n) is 5.89. The number of morpholine rings is 1. The average molecular weight is 650 g/mol. The van der Waals surface area contributed by atoms with Gasteiger partial charge in [0.1, 0.15) is 12.1 Å². The van der Waals surface area contributed by atoms with E-state index < -0.39 is 24.0 Å². The molecule has 3 atom stereocenters. The number of ether oxygens (including phenoxy) is 1. The van der Waals surface area contributed by atoms with Crippen molar-refractivity contribution in [3.8, 4) is 0 Å². The van der Waals surface area contributed by atoms with Crippen molar-refractivity contribution in [3.63, 3.8) is 0 Å². The Morgan fingerprint density at radius 2 is 1.59 bits per heavy atom. The van der Waals surface area contributed by atoms with Crippen LogP contribution in [0.25, 0.3) is 0 Å². The van der Waals surface area contributed by atoms with Gasteiger partial charge in [-0.15, -0.1) is 0 Å². The number of hydrogen-bond acceptors (Lipinski definition) is 5. The molecular formula is C27H44IN3O5S. The van der Waals surface area contributed by atoms with Gasteiger partial charge >= 0.3 is 12.0 Å². The quantitative estimate of drug-likeness (QED) is 0.100. The van der Waals surface area contributed by atoms with Crippen LogP contribution in [0.5, 0.6) is 0 Å². The first-order valence-electron chi connectivity index (χ1n) is 12.8. The van der Waals surface area contributed by atoms with Crippen molar-refractivity contribution in [2.75, 3.05) is 37.8 Å². The van der Waals surface area contributed by atoms with E-state index in [-0.39, 0.29) is 15.7 Å². The summed E-state index contributed by atoms with van der Waals surface area (Å²) < 4.78 is 5.04. The van der Waals surface area contributed by atoms with Crippen molar-refractivity contribution in [1.82, 2.24) is 15.5 Å². The molecule has 0 aromatic heterocycles. The van der Waals surface area contributed by atoms with Crippen LogP contribution >= 0.6 is 34.4 Å². The molecule has 37 heavy (non-hydrogen) atoms. The highest BCUT2D eigenvalue weighted by Crippen LogP contribution is 2.14. The maximum Gasteiger partial charge on any atom is 0.327 e. The predicted octanol–water partition coefficient (Wildman–Crippen LogP) is 4.94. The van der Waals surface area contributed by atoms with Gasteiger partial charge in [-0.25, -0.2) is 9.59 Å². The highest BCUT2D eigenvalue weighted by molar-refractivity contribution is 14.1. The molecule has 210 valence electrons. The summed E-state index contributed by atoms with van der Waals surface area (Å²) >= 11 is 3.53. The Morgan fingerprint density at radius 1 is 1.00 bits per heavy atom. The number of allylic oxidation sites excluding steroid dienone is 5. The first-order valence-corrected chi connectivity index (χ1v) is 15.2. The molecule has 1 aliphatic rings. The number of rotatable bonds is 15. The Balaban J connectivity index is 2.49. The maximum atomic E-state index is 12.9. The fourth-order valence-electron chi connectivity index (χ4n) is 3.54. The molecule has 0 aliphatic carbocycles. The molecule has 0 unspecified atom stereocenters. The number of carbonyl (C=O) groups excluding carboxylic acids is 2. The zero-order valence-electron chi connectivity index (χ0n) is 22.8. The van der Waals surface area contributed by atoms with Crippen LogP contribution in [0.1, 0.15) is 60.3 Å². The molecule has 0 bridgehead atoms. The molecular weight excluding hydrogens is 605 g/mol. The Morgan fingerprint density at radius 3 is 2.16 bits per heavy atom. The lowest BCUT2D eigenvalue weighted by Gasteiger charge is -2.30. The molecule has 1 fully saturated rings. The van der Waals surface area contributed by atoms with Crippen LogP contribution in [-0.2, 0) is 14.3 Å². The third kappa shape index (κ3) is 14.8. The minimum absolute atomic E-state index is 0.222. The van der Waals surface area contributed by atoms with E-state index in [1.807, 2.05) is 6.92 Å². The van der Waals surface area contributed by atoms with Crippen molar-refractivity contribution in [1.29, 1.82) is 0 Å². The molecule has 10 heteroatoms. The number of carbonyl (C=O) groups is 3. The second kappa shape index (κ2) is 18.7. The number of nitrogens with one attached hydrogen (secondary N) is 2. The fraction of sp³-hybridized carbons (Fsp3) is 0.667. The normalized spacial score (nSPS) is 17.0. The summed E-state index contributed by atoms with van der Waals surface area (Å²) in [7, 11) is 0. The van der Waals surface area contributed by atoms with Gasteiger partial charge in [0, 0.05) is 28.5 Å². The topological polar surface area (TPSA) is 108 Å². The van der Waals surface area contributed by atoms with Crippen LogP contribution < -0.4 is 10.6 Å². The Bertz CT molecular complexity index is 834. The van der Waals surface area contributed by atoms with Gasteiger partial charge in [0.2, 0.25) is 5.91 Å². The Kier molecular flexibility index (Phi) is 16.9. The van der Waals surface area contributed by atoms with Crippen LogP contribution in [-0.4, -0.2) is 81.7 Å². The smallest absolute Gasteiger partial charge is 0.327 e. The number of urea groups is 1. The molecule has 0 spiro atoms. The molecule has 1 rings (SSSR count). The van der Waals surface area contributed by atoms with E-state index >= 15 is 0 Å². The van der Waals surface area contributed by atoms with Crippen molar-refractivity contribution >= 4 is 52.3 Å². The van der Waals surface area contributed by atoms with E-state index in [2.05, 4.69) is 79.1 Å². The van der Waals surface area contributed by atoms with Crippen molar-refractivity contribution < 1.29 is 24.2 Å². The average Bonchev–Trinajstić information content (AvgIpc) is 2.84.